The molecule has 0 saturated carbocycles. The maximum absolute atomic E-state index is 10.9. The zero-order valence-electron chi connectivity index (χ0n) is 5.63. The highest BCUT2D eigenvalue weighted by Gasteiger charge is 1.95. The number of nitrogens with zero attached hydrogens (tertiary/aromatic N) is 2. The summed E-state index contributed by atoms with van der Waals surface area (Å²) in [6.45, 7) is 0.438. The van der Waals surface area contributed by atoms with Crippen LogP contribution in [0.3, 0.4) is 0 Å². The Morgan fingerprint density at radius 3 is 3.00 bits per heavy atom. The van der Waals surface area contributed by atoms with Crippen LogP contribution in [-0.2, 0) is 6.54 Å². The first kappa shape index (κ1) is 8.56. The van der Waals surface area contributed by atoms with E-state index >= 15 is 0 Å². The van der Waals surface area contributed by atoms with E-state index in [4.69, 9.17) is 23.2 Å². The van der Waals surface area contributed by atoms with Gasteiger partial charge in [0.2, 0.25) is 0 Å². The number of aromatic nitrogens is 2. The van der Waals surface area contributed by atoms with Crippen LogP contribution in [0.2, 0.25) is 5.02 Å². The van der Waals surface area contributed by atoms with Gasteiger partial charge in [-0.3, -0.25) is 4.57 Å². The van der Waals surface area contributed by atoms with Crippen molar-refractivity contribution in [3.8, 4) is 0 Å². The minimum absolute atomic E-state index is 0.324. The van der Waals surface area contributed by atoms with E-state index in [1.807, 2.05) is 0 Å². The molecular weight excluding hydrogens is 187 g/mol. The van der Waals surface area contributed by atoms with Crippen LogP contribution in [0.4, 0.5) is 0 Å². The molecule has 0 bridgehead atoms. The molecule has 1 aromatic rings. The fraction of sp³-hybridized carbons (Fsp3) is 0.333. The van der Waals surface area contributed by atoms with Crippen LogP contribution in [0.5, 0.6) is 0 Å². The van der Waals surface area contributed by atoms with Crippen molar-refractivity contribution in [1.29, 1.82) is 0 Å². The van der Waals surface area contributed by atoms with Gasteiger partial charge in [0.15, 0.2) is 0 Å². The molecule has 11 heavy (non-hydrogen) atoms. The Kier molecular flexibility index (Phi) is 2.91. The third kappa shape index (κ3) is 2.20. The number of hydrogen-bond acceptors (Lipinski definition) is 2. The van der Waals surface area contributed by atoms with Gasteiger partial charge in [0.1, 0.15) is 0 Å². The number of rotatable bonds is 2. The first-order chi connectivity index (χ1) is 5.24. The van der Waals surface area contributed by atoms with Gasteiger partial charge in [0.25, 0.3) is 0 Å². The van der Waals surface area contributed by atoms with Crippen LogP contribution in [0.1, 0.15) is 0 Å². The molecule has 5 heteroatoms. The van der Waals surface area contributed by atoms with E-state index in [9.17, 15) is 4.79 Å². The van der Waals surface area contributed by atoms with Gasteiger partial charge in [0.05, 0.1) is 11.2 Å². The average molecular weight is 193 g/mol. The zero-order valence-corrected chi connectivity index (χ0v) is 7.14. The summed E-state index contributed by atoms with van der Waals surface area (Å²) in [6.07, 6.45) is 2.83. The molecule has 1 aromatic heterocycles. The molecule has 3 nitrogen and oxygen atoms in total. The van der Waals surface area contributed by atoms with Crippen molar-refractivity contribution >= 4 is 23.2 Å². The lowest BCUT2D eigenvalue weighted by Crippen LogP contribution is -2.22. The summed E-state index contributed by atoms with van der Waals surface area (Å²) in [5.41, 5.74) is -0.324. The normalized spacial score (nSPS) is 10.0. The molecule has 0 spiro atoms. The van der Waals surface area contributed by atoms with Crippen LogP contribution < -0.4 is 5.69 Å². The molecule has 60 valence electrons. The molecule has 0 fully saturated rings. The highest BCUT2D eigenvalue weighted by atomic mass is 35.5. The highest BCUT2D eigenvalue weighted by Crippen LogP contribution is 2.00. The van der Waals surface area contributed by atoms with E-state index in [0.717, 1.165) is 0 Å². The number of halogens is 2. The third-order valence-corrected chi connectivity index (χ3v) is 1.51. The summed E-state index contributed by atoms with van der Waals surface area (Å²) in [4.78, 5) is 14.4. The Hall–Kier alpha value is -0.540. The first-order valence-corrected chi connectivity index (χ1v) is 3.93. The van der Waals surface area contributed by atoms with Crippen LogP contribution >= 0.6 is 23.2 Å². The molecule has 0 aliphatic rings. The molecule has 0 N–H and O–H groups in total. The van der Waals surface area contributed by atoms with Gasteiger partial charge >= 0.3 is 5.69 Å². The van der Waals surface area contributed by atoms with Gasteiger partial charge in [0, 0.05) is 18.6 Å². The van der Waals surface area contributed by atoms with Crippen LogP contribution in [0.25, 0.3) is 0 Å². The molecule has 0 aliphatic carbocycles. The summed E-state index contributed by atoms with van der Waals surface area (Å²) in [5, 5.41) is 0.440. The maximum Gasteiger partial charge on any atom is 0.347 e. The molecule has 0 unspecified atom stereocenters. The van der Waals surface area contributed by atoms with Crippen molar-refractivity contribution in [2.75, 3.05) is 5.88 Å². The van der Waals surface area contributed by atoms with E-state index in [1.165, 1.54) is 17.0 Å². The summed E-state index contributed by atoms with van der Waals surface area (Å²) in [7, 11) is 0. The predicted octanol–water partition coefficient (Wildman–Crippen LogP) is 1.14. The van der Waals surface area contributed by atoms with Gasteiger partial charge in [-0.15, -0.1) is 11.6 Å². The smallest absolute Gasteiger partial charge is 0.296 e. The molecule has 1 heterocycles. The van der Waals surface area contributed by atoms with E-state index in [-0.39, 0.29) is 5.69 Å². The first-order valence-electron chi connectivity index (χ1n) is 3.02. The Morgan fingerprint density at radius 2 is 2.36 bits per heavy atom. The monoisotopic (exact) mass is 192 g/mol. The lowest BCUT2D eigenvalue weighted by molar-refractivity contribution is 0.703. The van der Waals surface area contributed by atoms with Crippen LogP contribution in [0, 0.1) is 0 Å². The molecule has 0 aromatic carbocycles. The number of aryl methyl sites for hydroxylation is 1. The molecule has 0 saturated heterocycles. The zero-order chi connectivity index (χ0) is 8.27. The second kappa shape index (κ2) is 3.74. The van der Waals surface area contributed by atoms with Gasteiger partial charge in [-0.05, 0) is 0 Å². The number of alkyl halides is 1. The molecule has 0 atom stereocenters. The van der Waals surface area contributed by atoms with E-state index in [2.05, 4.69) is 4.98 Å². The van der Waals surface area contributed by atoms with Crippen molar-refractivity contribution in [1.82, 2.24) is 9.55 Å². The average Bonchev–Trinajstić information content (AvgIpc) is 1.98. The van der Waals surface area contributed by atoms with Crippen molar-refractivity contribution in [2.24, 2.45) is 0 Å². The summed E-state index contributed by atoms with van der Waals surface area (Å²) in [6, 6.07) is 0. The van der Waals surface area contributed by atoms with E-state index in [1.54, 1.807) is 0 Å². The Labute approximate surface area is 73.6 Å². The highest BCUT2D eigenvalue weighted by molar-refractivity contribution is 6.30. The van der Waals surface area contributed by atoms with Crippen molar-refractivity contribution in [2.45, 2.75) is 6.54 Å². The topological polar surface area (TPSA) is 34.9 Å². The minimum atomic E-state index is -0.324. The lowest BCUT2D eigenvalue weighted by atomic mass is 10.6. The summed E-state index contributed by atoms with van der Waals surface area (Å²) >= 11 is 11.0. The second-order valence-electron chi connectivity index (χ2n) is 1.94. The van der Waals surface area contributed by atoms with Crippen molar-refractivity contribution < 1.29 is 0 Å². The number of hydrogen-bond donors (Lipinski definition) is 0. The minimum Gasteiger partial charge on any atom is -0.296 e. The quantitative estimate of drug-likeness (QED) is 0.660. The Balaban J connectivity index is 3.03. The van der Waals surface area contributed by atoms with Gasteiger partial charge < -0.3 is 0 Å². The SMILES string of the molecule is O=c1ncc(Cl)cn1CCCl. The standard InChI is InChI=1S/C6H6Cl2N2O/c7-1-2-10-4-5(8)3-9-6(10)11/h3-4H,1-2H2. The molecule has 1 rings (SSSR count). The fourth-order valence-electron chi connectivity index (χ4n) is 0.680. The van der Waals surface area contributed by atoms with Crippen molar-refractivity contribution in [3.63, 3.8) is 0 Å². The van der Waals surface area contributed by atoms with Crippen LogP contribution in [-0.4, -0.2) is 15.4 Å². The largest absolute Gasteiger partial charge is 0.347 e. The van der Waals surface area contributed by atoms with Crippen LogP contribution in [0.15, 0.2) is 17.2 Å². The molecular formula is C6H6Cl2N2O. The van der Waals surface area contributed by atoms with Gasteiger partial charge in [-0.2, -0.15) is 0 Å². The lowest BCUT2D eigenvalue weighted by Gasteiger charge is -1.99. The second-order valence-corrected chi connectivity index (χ2v) is 2.75. The summed E-state index contributed by atoms with van der Waals surface area (Å²) < 4.78 is 1.37. The predicted molar refractivity (Wildman–Crippen MR) is 44.2 cm³/mol. The van der Waals surface area contributed by atoms with E-state index in [0.29, 0.717) is 17.4 Å². The van der Waals surface area contributed by atoms with Gasteiger partial charge in [-0.25, -0.2) is 9.78 Å². The maximum atomic E-state index is 10.9. The molecule has 0 amide bonds. The Morgan fingerprint density at radius 1 is 1.64 bits per heavy atom. The van der Waals surface area contributed by atoms with Crippen molar-refractivity contribution in [3.05, 3.63) is 27.9 Å². The summed E-state index contributed by atoms with van der Waals surface area (Å²) in [5.74, 6) is 0.377. The molecule has 0 aliphatic heterocycles. The molecule has 0 radical (unpaired) electrons. The van der Waals surface area contributed by atoms with Gasteiger partial charge in [-0.1, -0.05) is 11.6 Å². The third-order valence-electron chi connectivity index (χ3n) is 1.15. The Bertz CT molecular complexity index is 297. The van der Waals surface area contributed by atoms with E-state index < -0.39 is 0 Å². The fourth-order valence-corrected chi connectivity index (χ4v) is 1.03.